The lowest BCUT2D eigenvalue weighted by Gasteiger charge is -2.32. The highest BCUT2D eigenvalue weighted by Gasteiger charge is 2.63. The highest BCUT2D eigenvalue weighted by molar-refractivity contribution is 5.92. The molecule has 9 heteroatoms. The minimum absolute atomic E-state index is 0.0977. The molecule has 5 nitrogen and oxygen atoms in total. The van der Waals surface area contributed by atoms with Crippen molar-refractivity contribution in [3.8, 4) is 5.75 Å². The Morgan fingerprint density at radius 3 is 2.44 bits per heavy atom. The molecule has 1 saturated carbocycles. The van der Waals surface area contributed by atoms with E-state index in [1.165, 1.54) is 12.1 Å². The van der Waals surface area contributed by atoms with Gasteiger partial charge in [0, 0.05) is 12.1 Å². The molecule has 1 aromatic rings. The molecule has 1 heterocycles. The smallest absolute Gasteiger partial charge is 0.438 e. The molecule has 0 unspecified atom stereocenters. The van der Waals surface area contributed by atoms with Crippen molar-refractivity contribution in [2.75, 3.05) is 6.61 Å². The first-order chi connectivity index (χ1) is 12.7. The van der Waals surface area contributed by atoms with Gasteiger partial charge in [0.25, 0.3) is 11.6 Å². The van der Waals surface area contributed by atoms with Gasteiger partial charge < -0.3 is 9.84 Å². The van der Waals surface area contributed by atoms with E-state index in [9.17, 15) is 27.5 Å². The molecular formula is C18H20F4N2O3. The van der Waals surface area contributed by atoms with Crippen molar-refractivity contribution in [2.45, 2.75) is 50.4 Å². The van der Waals surface area contributed by atoms with E-state index < -0.39 is 36.7 Å². The highest BCUT2D eigenvalue weighted by atomic mass is 19.4. The molecule has 1 atom stereocenters. The molecule has 0 radical (unpaired) electrons. The number of amides is 1. The monoisotopic (exact) mass is 388 g/mol. The Balaban J connectivity index is 1.76. The number of rotatable bonds is 4. The normalized spacial score (nSPS) is 24.0. The standard InChI is InChI=1S/C18H20F4N2O3/c19-13-6-8-14(9-7-13)27-11-16(25)24-17(26,18(20,21)22)10-15(23-24)12-4-2-1-3-5-12/h6-9,12,26H,1-5,10-11H2/t17-/m1/s1. The van der Waals surface area contributed by atoms with Crippen molar-refractivity contribution < 1.29 is 32.2 Å². The van der Waals surface area contributed by atoms with E-state index in [0.29, 0.717) is 12.8 Å². The average molecular weight is 388 g/mol. The first-order valence-electron chi connectivity index (χ1n) is 8.78. The zero-order chi connectivity index (χ0) is 19.7. The number of alkyl halides is 3. The molecule has 1 amide bonds. The molecule has 1 fully saturated rings. The summed E-state index contributed by atoms with van der Waals surface area (Å²) < 4.78 is 58.5. The van der Waals surface area contributed by atoms with Gasteiger partial charge in [0.1, 0.15) is 11.6 Å². The van der Waals surface area contributed by atoms with Crippen molar-refractivity contribution in [3.05, 3.63) is 30.1 Å². The Hall–Kier alpha value is -2.16. The molecule has 1 aliphatic heterocycles. The second-order valence-electron chi connectivity index (χ2n) is 6.87. The highest BCUT2D eigenvalue weighted by Crippen LogP contribution is 2.43. The van der Waals surface area contributed by atoms with Crippen LogP contribution in [-0.2, 0) is 4.79 Å². The topological polar surface area (TPSA) is 62.1 Å². The quantitative estimate of drug-likeness (QED) is 0.802. The number of benzene rings is 1. The van der Waals surface area contributed by atoms with Crippen molar-refractivity contribution in [1.29, 1.82) is 0 Å². The van der Waals surface area contributed by atoms with Crippen LogP contribution >= 0.6 is 0 Å². The number of nitrogens with zero attached hydrogens (tertiary/aromatic N) is 2. The molecule has 0 saturated heterocycles. The Morgan fingerprint density at radius 2 is 1.85 bits per heavy atom. The zero-order valence-electron chi connectivity index (χ0n) is 14.5. The molecule has 27 heavy (non-hydrogen) atoms. The SMILES string of the molecule is O=C(COc1ccc(F)cc1)N1N=C(C2CCCCC2)C[C@@]1(O)C(F)(F)F. The number of carbonyl (C=O) groups excluding carboxylic acids is 1. The predicted octanol–water partition coefficient (Wildman–Crippen LogP) is 3.62. The molecule has 0 bridgehead atoms. The van der Waals surface area contributed by atoms with Gasteiger partial charge >= 0.3 is 6.18 Å². The lowest BCUT2D eigenvalue weighted by Crippen LogP contribution is -2.57. The summed E-state index contributed by atoms with van der Waals surface area (Å²) >= 11 is 0. The van der Waals surface area contributed by atoms with Crippen LogP contribution in [0.15, 0.2) is 29.4 Å². The van der Waals surface area contributed by atoms with Crippen molar-refractivity contribution >= 4 is 11.6 Å². The van der Waals surface area contributed by atoms with Crippen LogP contribution in [0.3, 0.4) is 0 Å². The third-order valence-electron chi connectivity index (χ3n) is 4.95. The zero-order valence-corrected chi connectivity index (χ0v) is 14.5. The Labute approximate surface area is 153 Å². The van der Waals surface area contributed by atoms with Gasteiger partial charge in [-0.05, 0) is 43.0 Å². The van der Waals surface area contributed by atoms with E-state index in [4.69, 9.17) is 4.74 Å². The molecule has 2 aliphatic rings. The molecule has 0 spiro atoms. The summed E-state index contributed by atoms with van der Waals surface area (Å²) in [4.78, 5) is 12.3. The number of hydrogen-bond acceptors (Lipinski definition) is 4. The number of hydrazone groups is 1. The summed E-state index contributed by atoms with van der Waals surface area (Å²) in [6.45, 7) is -0.758. The van der Waals surface area contributed by atoms with Crippen LogP contribution in [-0.4, -0.2) is 40.2 Å². The van der Waals surface area contributed by atoms with Crippen LogP contribution in [0.4, 0.5) is 17.6 Å². The van der Waals surface area contributed by atoms with Crippen LogP contribution < -0.4 is 4.74 Å². The Kier molecular flexibility index (Phi) is 5.41. The summed E-state index contributed by atoms with van der Waals surface area (Å²) in [5.74, 6) is -1.68. The van der Waals surface area contributed by atoms with Crippen LogP contribution in [0.2, 0.25) is 0 Å². The lowest BCUT2D eigenvalue weighted by atomic mass is 9.83. The van der Waals surface area contributed by atoms with E-state index >= 15 is 0 Å². The summed E-state index contributed by atoms with van der Waals surface area (Å²) in [6.07, 6.45) is -1.63. The van der Waals surface area contributed by atoms with Crippen molar-refractivity contribution in [2.24, 2.45) is 11.0 Å². The van der Waals surface area contributed by atoms with Gasteiger partial charge in [-0.25, -0.2) is 4.39 Å². The molecule has 3 rings (SSSR count). The third kappa shape index (κ3) is 4.07. The molecule has 1 N–H and O–H groups in total. The maximum atomic E-state index is 13.5. The van der Waals surface area contributed by atoms with Gasteiger partial charge in [0.2, 0.25) is 0 Å². The molecule has 0 aromatic heterocycles. The molecule has 1 aliphatic carbocycles. The Bertz CT molecular complexity index is 714. The average Bonchev–Trinajstić information content (AvgIpc) is 3.01. The largest absolute Gasteiger partial charge is 0.484 e. The predicted molar refractivity (Wildman–Crippen MR) is 88.4 cm³/mol. The van der Waals surface area contributed by atoms with Crippen LogP contribution in [0.5, 0.6) is 5.75 Å². The summed E-state index contributed by atoms with van der Waals surface area (Å²) in [7, 11) is 0. The number of ether oxygens (including phenoxy) is 1. The molecule has 1 aromatic carbocycles. The number of hydrogen-bond donors (Lipinski definition) is 1. The van der Waals surface area contributed by atoms with E-state index in [1.807, 2.05) is 0 Å². The second kappa shape index (κ2) is 7.46. The van der Waals surface area contributed by atoms with E-state index in [0.717, 1.165) is 31.4 Å². The van der Waals surface area contributed by atoms with Crippen LogP contribution in [0, 0.1) is 11.7 Å². The summed E-state index contributed by atoms with van der Waals surface area (Å²) in [5.41, 5.74) is -3.17. The van der Waals surface area contributed by atoms with Crippen molar-refractivity contribution in [3.63, 3.8) is 0 Å². The fraction of sp³-hybridized carbons (Fsp3) is 0.556. The maximum Gasteiger partial charge on any atom is 0.438 e. The minimum Gasteiger partial charge on any atom is -0.484 e. The van der Waals surface area contributed by atoms with Gasteiger partial charge in [-0.15, -0.1) is 0 Å². The van der Waals surface area contributed by atoms with E-state index in [-0.39, 0.29) is 22.4 Å². The van der Waals surface area contributed by atoms with Gasteiger partial charge in [-0.3, -0.25) is 4.79 Å². The lowest BCUT2D eigenvalue weighted by molar-refractivity contribution is -0.302. The first-order valence-corrected chi connectivity index (χ1v) is 8.78. The Morgan fingerprint density at radius 1 is 1.22 bits per heavy atom. The van der Waals surface area contributed by atoms with Gasteiger partial charge in [-0.1, -0.05) is 19.3 Å². The summed E-state index contributed by atoms with van der Waals surface area (Å²) in [6, 6.07) is 4.70. The molecule has 148 valence electrons. The third-order valence-corrected chi connectivity index (χ3v) is 4.95. The minimum atomic E-state index is -5.06. The fourth-order valence-corrected chi connectivity index (χ4v) is 3.46. The number of halogens is 4. The number of carbonyl (C=O) groups is 1. The molecular weight excluding hydrogens is 368 g/mol. The summed E-state index contributed by atoms with van der Waals surface area (Å²) in [5, 5.41) is 14.2. The maximum absolute atomic E-state index is 13.5. The van der Waals surface area contributed by atoms with E-state index in [2.05, 4.69) is 5.10 Å². The second-order valence-corrected chi connectivity index (χ2v) is 6.87. The van der Waals surface area contributed by atoms with E-state index in [1.54, 1.807) is 0 Å². The van der Waals surface area contributed by atoms with Crippen molar-refractivity contribution in [1.82, 2.24) is 5.01 Å². The van der Waals surface area contributed by atoms with Gasteiger partial charge in [0.15, 0.2) is 6.61 Å². The van der Waals surface area contributed by atoms with Gasteiger partial charge in [0.05, 0.1) is 0 Å². The van der Waals surface area contributed by atoms with Crippen LogP contribution in [0.25, 0.3) is 0 Å². The fourth-order valence-electron chi connectivity index (χ4n) is 3.46. The first kappa shape index (κ1) is 19.6. The van der Waals surface area contributed by atoms with Crippen LogP contribution in [0.1, 0.15) is 38.5 Å². The number of aliphatic hydroxyl groups is 1. The van der Waals surface area contributed by atoms with Gasteiger partial charge in [-0.2, -0.15) is 23.3 Å².